The maximum atomic E-state index is 12.8. The van der Waals surface area contributed by atoms with Crippen LogP contribution in [-0.2, 0) is 16.1 Å². The van der Waals surface area contributed by atoms with E-state index in [-0.39, 0.29) is 12.2 Å². The van der Waals surface area contributed by atoms with Crippen LogP contribution in [0.2, 0.25) is 0 Å². The third kappa shape index (κ3) is 7.99. The molecule has 0 spiro atoms. The summed E-state index contributed by atoms with van der Waals surface area (Å²) in [7, 11) is 0. The van der Waals surface area contributed by atoms with Crippen molar-refractivity contribution in [2.45, 2.75) is 46.5 Å². The molecule has 0 saturated carbocycles. The van der Waals surface area contributed by atoms with E-state index >= 15 is 0 Å². The zero-order valence-electron chi connectivity index (χ0n) is 16.2. The molecular weight excluding hydrogens is 361 g/mol. The van der Waals surface area contributed by atoms with Crippen molar-refractivity contribution in [3.63, 3.8) is 0 Å². The van der Waals surface area contributed by atoms with E-state index in [1.807, 2.05) is 6.92 Å². The molecule has 0 heterocycles. The Balaban J connectivity index is 2.92. The number of hydrogen-bond donors (Lipinski definition) is 0. The fourth-order valence-electron chi connectivity index (χ4n) is 2.61. The zero-order valence-corrected chi connectivity index (χ0v) is 16.2. The molecule has 0 aliphatic heterocycles. The van der Waals surface area contributed by atoms with E-state index < -0.39 is 31.1 Å². The zero-order chi connectivity index (χ0) is 20.6. The van der Waals surface area contributed by atoms with Crippen LogP contribution in [0.5, 0.6) is 0 Å². The summed E-state index contributed by atoms with van der Waals surface area (Å²) < 4.78 is 43.0. The Morgan fingerprint density at radius 3 is 2.15 bits per heavy atom. The number of esters is 1. The topological polar surface area (TPSA) is 49.9 Å². The minimum Gasteiger partial charge on any atom is -0.465 e. The average Bonchev–Trinajstić information content (AvgIpc) is 2.57. The van der Waals surface area contributed by atoms with Crippen LogP contribution in [0.25, 0.3) is 0 Å². The molecule has 0 radical (unpaired) electrons. The quantitative estimate of drug-likeness (QED) is 0.608. The summed E-state index contributed by atoms with van der Waals surface area (Å²) in [5.41, 5.74) is 1.05. The summed E-state index contributed by atoms with van der Waals surface area (Å²) in [5.74, 6) is -1.73. The number of benzene rings is 1. The molecule has 27 heavy (non-hydrogen) atoms. The Hall–Kier alpha value is -2.09. The number of halogens is 3. The first-order valence-electron chi connectivity index (χ1n) is 8.92. The number of alkyl halides is 3. The molecule has 0 bridgehead atoms. The standard InChI is InChI=1S/C19H27F3N2O3/c1-5-23(14(3)4)11-15-7-9-16(10-8-15)18(26)24(13-19(20,21)22)12-17(25)27-6-2/h7-10,14H,5-6,11-13H2,1-4H3. The maximum Gasteiger partial charge on any atom is 0.406 e. The third-order valence-corrected chi connectivity index (χ3v) is 4.01. The van der Waals surface area contributed by atoms with Crippen molar-refractivity contribution in [1.82, 2.24) is 9.80 Å². The summed E-state index contributed by atoms with van der Waals surface area (Å²) >= 11 is 0. The maximum absolute atomic E-state index is 12.8. The Kier molecular flexibility index (Phi) is 8.75. The van der Waals surface area contributed by atoms with Gasteiger partial charge in [-0.15, -0.1) is 0 Å². The highest BCUT2D eigenvalue weighted by molar-refractivity contribution is 5.96. The number of carbonyl (C=O) groups is 2. The van der Waals surface area contributed by atoms with Crippen LogP contribution in [0.3, 0.4) is 0 Å². The number of hydrogen-bond acceptors (Lipinski definition) is 4. The smallest absolute Gasteiger partial charge is 0.406 e. The molecule has 0 atom stereocenters. The van der Waals surface area contributed by atoms with E-state index in [0.717, 1.165) is 12.1 Å². The van der Waals surface area contributed by atoms with Crippen molar-refractivity contribution < 1.29 is 27.5 Å². The van der Waals surface area contributed by atoms with Gasteiger partial charge >= 0.3 is 12.1 Å². The summed E-state index contributed by atoms with van der Waals surface area (Å²) in [5, 5.41) is 0. The lowest BCUT2D eigenvalue weighted by Crippen LogP contribution is -2.42. The van der Waals surface area contributed by atoms with Crippen LogP contribution >= 0.6 is 0 Å². The first-order chi connectivity index (χ1) is 12.6. The van der Waals surface area contributed by atoms with E-state index in [1.54, 1.807) is 19.1 Å². The molecule has 1 aromatic rings. The first kappa shape index (κ1) is 23.0. The van der Waals surface area contributed by atoms with Crippen LogP contribution < -0.4 is 0 Å². The number of rotatable bonds is 9. The number of amides is 1. The predicted molar refractivity (Wildman–Crippen MR) is 96.3 cm³/mol. The van der Waals surface area contributed by atoms with Gasteiger partial charge in [-0.1, -0.05) is 19.1 Å². The van der Waals surface area contributed by atoms with E-state index in [0.29, 0.717) is 17.5 Å². The summed E-state index contributed by atoms with van der Waals surface area (Å²) in [6.07, 6.45) is -4.61. The lowest BCUT2D eigenvalue weighted by atomic mass is 10.1. The molecule has 1 amide bonds. The minimum atomic E-state index is -4.61. The largest absolute Gasteiger partial charge is 0.465 e. The molecule has 8 heteroatoms. The van der Waals surface area contributed by atoms with Gasteiger partial charge in [-0.05, 0) is 45.0 Å². The number of ether oxygens (including phenoxy) is 1. The molecule has 1 rings (SSSR count). The number of carbonyl (C=O) groups excluding carboxylic acids is 2. The molecule has 5 nitrogen and oxygen atoms in total. The molecule has 0 N–H and O–H groups in total. The molecule has 152 valence electrons. The van der Waals surface area contributed by atoms with Gasteiger partial charge in [0.05, 0.1) is 6.61 Å². The fraction of sp³-hybridized carbons (Fsp3) is 0.579. The molecule has 0 aromatic heterocycles. The van der Waals surface area contributed by atoms with Crippen LogP contribution in [0.1, 0.15) is 43.6 Å². The monoisotopic (exact) mass is 388 g/mol. The molecule has 1 aromatic carbocycles. The van der Waals surface area contributed by atoms with Gasteiger partial charge in [-0.2, -0.15) is 13.2 Å². The van der Waals surface area contributed by atoms with Crippen LogP contribution in [-0.4, -0.2) is 60.1 Å². The Labute approximate surface area is 158 Å². The van der Waals surface area contributed by atoms with E-state index in [9.17, 15) is 22.8 Å². The van der Waals surface area contributed by atoms with Gasteiger partial charge in [0.15, 0.2) is 0 Å². The molecule has 0 aliphatic carbocycles. The molecule has 0 aliphatic rings. The van der Waals surface area contributed by atoms with Crippen molar-refractivity contribution in [3.8, 4) is 0 Å². The van der Waals surface area contributed by atoms with Gasteiger partial charge in [-0.3, -0.25) is 14.5 Å². The summed E-state index contributed by atoms with van der Waals surface area (Å²) in [6.45, 7) is 7.05. The minimum absolute atomic E-state index is 0.0331. The molecule has 0 fully saturated rings. The first-order valence-corrected chi connectivity index (χ1v) is 8.92. The highest BCUT2D eigenvalue weighted by Gasteiger charge is 2.34. The van der Waals surface area contributed by atoms with Gasteiger partial charge in [0, 0.05) is 18.2 Å². The second-order valence-electron chi connectivity index (χ2n) is 6.44. The Bertz CT molecular complexity index is 616. The Morgan fingerprint density at radius 1 is 1.11 bits per heavy atom. The summed E-state index contributed by atoms with van der Waals surface area (Å²) in [6, 6.07) is 6.76. The second kappa shape index (κ2) is 10.3. The highest BCUT2D eigenvalue weighted by Crippen LogP contribution is 2.19. The van der Waals surface area contributed by atoms with Crippen LogP contribution in [0.15, 0.2) is 24.3 Å². The third-order valence-electron chi connectivity index (χ3n) is 4.01. The SMILES string of the molecule is CCOC(=O)CN(CC(F)(F)F)C(=O)c1ccc(CN(CC)C(C)C)cc1. The van der Waals surface area contributed by atoms with Crippen LogP contribution in [0.4, 0.5) is 13.2 Å². The second-order valence-corrected chi connectivity index (χ2v) is 6.44. The van der Waals surface area contributed by atoms with Gasteiger partial charge in [0.1, 0.15) is 13.1 Å². The molecular formula is C19H27F3N2O3. The average molecular weight is 388 g/mol. The fourth-order valence-corrected chi connectivity index (χ4v) is 2.61. The molecule has 0 unspecified atom stereocenters. The lowest BCUT2D eigenvalue weighted by molar-refractivity contribution is -0.153. The normalized spacial score (nSPS) is 11.7. The van der Waals surface area contributed by atoms with Gasteiger partial charge in [0.2, 0.25) is 0 Å². The lowest BCUT2D eigenvalue weighted by Gasteiger charge is -2.25. The summed E-state index contributed by atoms with van der Waals surface area (Å²) in [4.78, 5) is 26.7. The van der Waals surface area contributed by atoms with Crippen molar-refractivity contribution in [2.75, 3.05) is 26.2 Å². The van der Waals surface area contributed by atoms with E-state index in [2.05, 4.69) is 23.5 Å². The van der Waals surface area contributed by atoms with Gasteiger partial charge in [0.25, 0.3) is 5.91 Å². The highest BCUT2D eigenvalue weighted by atomic mass is 19.4. The van der Waals surface area contributed by atoms with Gasteiger partial charge in [-0.25, -0.2) is 0 Å². The van der Waals surface area contributed by atoms with E-state index in [4.69, 9.17) is 0 Å². The number of nitrogens with zero attached hydrogens (tertiary/aromatic N) is 2. The van der Waals surface area contributed by atoms with Gasteiger partial charge < -0.3 is 9.64 Å². The van der Waals surface area contributed by atoms with Crippen molar-refractivity contribution in [3.05, 3.63) is 35.4 Å². The van der Waals surface area contributed by atoms with E-state index in [1.165, 1.54) is 12.1 Å². The van der Waals surface area contributed by atoms with Crippen molar-refractivity contribution in [1.29, 1.82) is 0 Å². The van der Waals surface area contributed by atoms with Crippen molar-refractivity contribution >= 4 is 11.9 Å². The predicted octanol–water partition coefficient (Wildman–Crippen LogP) is 3.48. The Morgan fingerprint density at radius 2 is 1.70 bits per heavy atom. The molecule has 0 saturated heterocycles. The van der Waals surface area contributed by atoms with Crippen LogP contribution in [0, 0.1) is 0 Å². The van der Waals surface area contributed by atoms with Crippen molar-refractivity contribution in [2.24, 2.45) is 0 Å².